The molecule has 0 fully saturated rings. The molecule has 1 N–H and O–H groups in total. The van der Waals surface area contributed by atoms with Crippen molar-refractivity contribution in [2.75, 3.05) is 12.4 Å². The van der Waals surface area contributed by atoms with Crippen molar-refractivity contribution < 1.29 is 0 Å². The Morgan fingerprint density at radius 3 is 2.07 bits per heavy atom. The molecule has 1 aromatic rings. The van der Waals surface area contributed by atoms with Gasteiger partial charge in [0.15, 0.2) is 0 Å². The van der Waals surface area contributed by atoms with E-state index in [0.717, 1.165) is 0 Å². The minimum atomic E-state index is 0.582. The molecule has 0 aliphatic rings. The minimum absolute atomic E-state index is 0.582. The summed E-state index contributed by atoms with van der Waals surface area (Å²) < 4.78 is 0. The van der Waals surface area contributed by atoms with Crippen LogP contribution in [0.4, 0.5) is 5.69 Å². The highest BCUT2D eigenvalue weighted by Gasteiger charge is 2.07. The van der Waals surface area contributed by atoms with Gasteiger partial charge in [-0.15, -0.1) is 0 Å². The van der Waals surface area contributed by atoms with E-state index in [1.807, 2.05) is 7.05 Å². The molecule has 0 atom stereocenters. The van der Waals surface area contributed by atoms with Gasteiger partial charge in [0.05, 0.1) is 0 Å². The lowest BCUT2D eigenvalue weighted by molar-refractivity contribution is 0.846. The van der Waals surface area contributed by atoms with Crippen molar-refractivity contribution in [3.8, 4) is 0 Å². The van der Waals surface area contributed by atoms with Gasteiger partial charge in [0.1, 0.15) is 0 Å². The maximum atomic E-state index is 3.27. The topological polar surface area (TPSA) is 12.0 Å². The second-order valence-electron chi connectivity index (χ2n) is 4.41. The lowest BCUT2D eigenvalue weighted by atomic mass is 9.95. The molecule has 0 saturated carbocycles. The molecule has 0 saturated heterocycles. The van der Waals surface area contributed by atoms with Crippen LogP contribution in [0.5, 0.6) is 0 Å². The van der Waals surface area contributed by atoms with Crippen LogP contribution in [-0.2, 0) is 0 Å². The van der Waals surface area contributed by atoms with Gasteiger partial charge < -0.3 is 5.32 Å². The standard InChI is InChI=1S/C13H21N/c1-9(2)11-6-7-12(10(3)4)13(8-11)14-5/h6-10,14H,1-5H3. The van der Waals surface area contributed by atoms with Gasteiger partial charge in [0.25, 0.3) is 0 Å². The first-order chi connectivity index (χ1) is 6.56. The van der Waals surface area contributed by atoms with Crippen molar-refractivity contribution in [1.29, 1.82) is 0 Å². The quantitative estimate of drug-likeness (QED) is 0.762. The lowest BCUT2D eigenvalue weighted by Crippen LogP contribution is -1.99. The Balaban J connectivity index is 3.11. The molecule has 0 aromatic heterocycles. The Labute approximate surface area is 87.5 Å². The van der Waals surface area contributed by atoms with Gasteiger partial charge in [-0.1, -0.05) is 39.8 Å². The Kier molecular flexibility index (Phi) is 3.56. The van der Waals surface area contributed by atoms with Crippen molar-refractivity contribution >= 4 is 5.69 Å². The molecule has 0 aliphatic carbocycles. The highest BCUT2D eigenvalue weighted by molar-refractivity contribution is 5.54. The summed E-state index contributed by atoms with van der Waals surface area (Å²) >= 11 is 0. The zero-order valence-electron chi connectivity index (χ0n) is 9.89. The van der Waals surface area contributed by atoms with E-state index in [2.05, 4.69) is 51.2 Å². The van der Waals surface area contributed by atoms with Crippen LogP contribution in [0.25, 0.3) is 0 Å². The number of rotatable bonds is 3. The van der Waals surface area contributed by atoms with E-state index in [-0.39, 0.29) is 0 Å². The van der Waals surface area contributed by atoms with Gasteiger partial charge in [-0.3, -0.25) is 0 Å². The summed E-state index contributed by atoms with van der Waals surface area (Å²) in [5.74, 6) is 1.18. The second kappa shape index (κ2) is 4.50. The number of nitrogens with one attached hydrogen (secondary N) is 1. The summed E-state index contributed by atoms with van der Waals surface area (Å²) in [5.41, 5.74) is 4.07. The molecule has 1 heteroatoms. The van der Waals surface area contributed by atoms with Crippen LogP contribution < -0.4 is 5.32 Å². The highest BCUT2D eigenvalue weighted by atomic mass is 14.8. The second-order valence-corrected chi connectivity index (χ2v) is 4.41. The molecule has 0 radical (unpaired) electrons. The molecule has 78 valence electrons. The Morgan fingerprint density at radius 1 is 1.00 bits per heavy atom. The van der Waals surface area contributed by atoms with Crippen LogP contribution in [0.15, 0.2) is 18.2 Å². The maximum absolute atomic E-state index is 3.27. The molecule has 0 heterocycles. The SMILES string of the molecule is CNc1cc(C(C)C)ccc1C(C)C. The number of anilines is 1. The maximum Gasteiger partial charge on any atom is 0.0375 e. The van der Waals surface area contributed by atoms with Gasteiger partial charge in [-0.2, -0.15) is 0 Å². The van der Waals surface area contributed by atoms with Crippen LogP contribution in [0.3, 0.4) is 0 Å². The van der Waals surface area contributed by atoms with E-state index in [9.17, 15) is 0 Å². The van der Waals surface area contributed by atoms with Crippen LogP contribution in [0, 0.1) is 0 Å². The molecule has 14 heavy (non-hydrogen) atoms. The van der Waals surface area contributed by atoms with Crippen LogP contribution in [0.2, 0.25) is 0 Å². The smallest absolute Gasteiger partial charge is 0.0375 e. The van der Waals surface area contributed by atoms with Gasteiger partial charge in [0.2, 0.25) is 0 Å². The fraction of sp³-hybridized carbons (Fsp3) is 0.538. The van der Waals surface area contributed by atoms with E-state index in [4.69, 9.17) is 0 Å². The van der Waals surface area contributed by atoms with Crippen LogP contribution in [0.1, 0.15) is 50.7 Å². The van der Waals surface area contributed by atoms with Gasteiger partial charge >= 0.3 is 0 Å². The van der Waals surface area contributed by atoms with E-state index in [1.165, 1.54) is 16.8 Å². The molecule has 0 aliphatic heterocycles. The summed E-state index contributed by atoms with van der Waals surface area (Å²) in [5, 5.41) is 3.27. The van der Waals surface area contributed by atoms with E-state index in [1.54, 1.807) is 0 Å². The van der Waals surface area contributed by atoms with E-state index in [0.29, 0.717) is 11.8 Å². The third kappa shape index (κ3) is 2.28. The first-order valence-corrected chi connectivity index (χ1v) is 5.37. The van der Waals surface area contributed by atoms with Gasteiger partial charge in [-0.25, -0.2) is 0 Å². The summed E-state index contributed by atoms with van der Waals surface area (Å²) in [4.78, 5) is 0. The lowest BCUT2D eigenvalue weighted by Gasteiger charge is -2.15. The molecule has 1 aromatic carbocycles. The van der Waals surface area contributed by atoms with E-state index < -0.39 is 0 Å². The number of benzene rings is 1. The Hall–Kier alpha value is -0.980. The fourth-order valence-electron chi connectivity index (χ4n) is 1.65. The molecule has 0 amide bonds. The van der Waals surface area contributed by atoms with Crippen molar-refractivity contribution in [3.05, 3.63) is 29.3 Å². The normalized spacial score (nSPS) is 11.1. The summed E-state index contributed by atoms with van der Waals surface area (Å²) in [6.07, 6.45) is 0. The van der Waals surface area contributed by atoms with Crippen LogP contribution in [-0.4, -0.2) is 7.05 Å². The summed E-state index contributed by atoms with van der Waals surface area (Å²) in [7, 11) is 1.99. The first kappa shape index (κ1) is 11.1. The van der Waals surface area contributed by atoms with Crippen molar-refractivity contribution in [2.24, 2.45) is 0 Å². The summed E-state index contributed by atoms with van der Waals surface area (Å²) in [6, 6.07) is 6.74. The molecule has 0 spiro atoms. The van der Waals surface area contributed by atoms with Gasteiger partial charge in [-0.05, 0) is 29.0 Å². The predicted molar refractivity (Wildman–Crippen MR) is 64.2 cm³/mol. The molecule has 0 unspecified atom stereocenters. The first-order valence-electron chi connectivity index (χ1n) is 5.37. The van der Waals surface area contributed by atoms with Gasteiger partial charge in [0, 0.05) is 12.7 Å². The zero-order chi connectivity index (χ0) is 10.7. The monoisotopic (exact) mass is 191 g/mol. The third-order valence-electron chi connectivity index (χ3n) is 2.64. The van der Waals surface area contributed by atoms with Crippen molar-refractivity contribution in [2.45, 2.75) is 39.5 Å². The summed E-state index contributed by atoms with van der Waals surface area (Å²) in [6.45, 7) is 8.91. The Morgan fingerprint density at radius 2 is 1.64 bits per heavy atom. The van der Waals surface area contributed by atoms with Crippen LogP contribution >= 0.6 is 0 Å². The van der Waals surface area contributed by atoms with Crippen molar-refractivity contribution in [3.63, 3.8) is 0 Å². The highest BCUT2D eigenvalue weighted by Crippen LogP contribution is 2.27. The average Bonchev–Trinajstić information content (AvgIpc) is 2.16. The molecule has 1 rings (SSSR count). The molecule has 0 bridgehead atoms. The third-order valence-corrected chi connectivity index (χ3v) is 2.64. The van der Waals surface area contributed by atoms with E-state index >= 15 is 0 Å². The minimum Gasteiger partial charge on any atom is -0.388 e. The zero-order valence-corrected chi connectivity index (χ0v) is 9.89. The molecular weight excluding hydrogens is 170 g/mol. The Bertz CT molecular complexity index is 300. The average molecular weight is 191 g/mol. The van der Waals surface area contributed by atoms with Crippen molar-refractivity contribution in [1.82, 2.24) is 0 Å². The molecule has 1 nitrogen and oxygen atoms in total. The number of hydrogen-bond acceptors (Lipinski definition) is 1. The fourth-order valence-corrected chi connectivity index (χ4v) is 1.65. The predicted octanol–water partition coefficient (Wildman–Crippen LogP) is 3.98. The largest absolute Gasteiger partial charge is 0.388 e. The number of hydrogen-bond donors (Lipinski definition) is 1. The molecular formula is C13H21N.